The van der Waals surface area contributed by atoms with Crippen LogP contribution in [0.4, 0.5) is 0 Å². The zero-order chi connectivity index (χ0) is 8.53. The smallest absolute Gasteiger partial charge is 0.0619 e. The molecule has 0 amide bonds. The Bertz CT molecular complexity index is 72.5. The fourth-order valence-corrected chi connectivity index (χ4v) is 1.35. The third-order valence-corrected chi connectivity index (χ3v) is 2.25. The molecule has 0 saturated carbocycles. The quantitative estimate of drug-likeness (QED) is 0.634. The lowest BCUT2D eigenvalue weighted by molar-refractivity contribution is 0.124. The molecule has 0 spiro atoms. The molecule has 0 aromatic rings. The van der Waals surface area contributed by atoms with Gasteiger partial charge in [-0.2, -0.15) is 11.8 Å². The lowest BCUT2D eigenvalue weighted by Crippen LogP contribution is -2.30. The van der Waals surface area contributed by atoms with E-state index in [2.05, 4.69) is 11.6 Å². The van der Waals surface area contributed by atoms with Crippen molar-refractivity contribution in [3.05, 3.63) is 0 Å². The molecule has 0 rings (SSSR count). The Balaban J connectivity index is 3.25. The molecule has 68 valence electrons. The van der Waals surface area contributed by atoms with E-state index >= 15 is 0 Å². The van der Waals surface area contributed by atoms with Crippen LogP contribution in [0.1, 0.15) is 13.3 Å². The molecule has 0 saturated heterocycles. The summed E-state index contributed by atoms with van der Waals surface area (Å²) in [6, 6.07) is 0.530. The van der Waals surface area contributed by atoms with E-state index in [1.165, 1.54) is 12.2 Å². The monoisotopic (exact) mass is 177 g/mol. The second-order valence-electron chi connectivity index (χ2n) is 2.43. The van der Waals surface area contributed by atoms with Gasteiger partial charge in [0.15, 0.2) is 0 Å². The predicted octanol–water partition coefficient (Wildman–Crippen LogP) is 1.36. The van der Waals surface area contributed by atoms with Gasteiger partial charge in [-0.3, -0.25) is 0 Å². The van der Waals surface area contributed by atoms with E-state index in [0.717, 1.165) is 13.2 Å². The molecule has 0 aliphatic carbocycles. The van der Waals surface area contributed by atoms with Crippen molar-refractivity contribution in [2.45, 2.75) is 19.4 Å². The van der Waals surface area contributed by atoms with Crippen molar-refractivity contribution in [2.24, 2.45) is 0 Å². The Hall–Kier alpha value is 0.270. The fourth-order valence-electron chi connectivity index (χ4n) is 0.831. The van der Waals surface area contributed by atoms with Crippen LogP contribution in [0.5, 0.6) is 0 Å². The number of hydrogen-bond donors (Lipinski definition) is 1. The van der Waals surface area contributed by atoms with Crippen molar-refractivity contribution in [2.75, 3.05) is 32.3 Å². The molecule has 11 heavy (non-hydrogen) atoms. The standard InChI is InChI=1S/C8H19NOS/c1-4-10-7-8(9-2)5-6-11-3/h8-9H,4-7H2,1-3H3. The van der Waals surface area contributed by atoms with Gasteiger partial charge in [-0.15, -0.1) is 0 Å². The molecule has 0 aliphatic rings. The minimum atomic E-state index is 0.530. The van der Waals surface area contributed by atoms with Crippen molar-refractivity contribution in [3.63, 3.8) is 0 Å². The molecule has 1 N–H and O–H groups in total. The molecule has 0 radical (unpaired) electrons. The first-order valence-corrected chi connectivity index (χ1v) is 5.48. The van der Waals surface area contributed by atoms with Crippen molar-refractivity contribution < 1.29 is 4.74 Å². The van der Waals surface area contributed by atoms with E-state index in [4.69, 9.17) is 4.74 Å². The predicted molar refractivity (Wildman–Crippen MR) is 52.3 cm³/mol. The second kappa shape index (κ2) is 8.37. The Labute approximate surface area is 74.1 Å². The molecule has 0 aliphatic heterocycles. The molecule has 0 aromatic heterocycles. The summed E-state index contributed by atoms with van der Waals surface area (Å²) in [5, 5.41) is 3.23. The third-order valence-electron chi connectivity index (χ3n) is 1.60. The maximum Gasteiger partial charge on any atom is 0.0619 e. The third kappa shape index (κ3) is 6.66. The van der Waals surface area contributed by atoms with Crippen LogP contribution in [0.3, 0.4) is 0 Å². The average molecular weight is 177 g/mol. The second-order valence-corrected chi connectivity index (χ2v) is 3.41. The highest BCUT2D eigenvalue weighted by Crippen LogP contribution is 2.00. The van der Waals surface area contributed by atoms with Gasteiger partial charge in [0.05, 0.1) is 6.61 Å². The molecule has 0 fully saturated rings. The molecular weight excluding hydrogens is 158 g/mol. The minimum Gasteiger partial charge on any atom is -0.380 e. The van der Waals surface area contributed by atoms with Crippen LogP contribution in [0, 0.1) is 0 Å². The Kier molecular flexibility index (Phi) is 8.57. The van der Waals surface area contributed by atoms with Gasteiger partial charge in [-0.25, -0.2) is 0 Å². The summed E-state index contributed by atoms with van der Waals surface area (Å²) in [4.78, 5) is 0. The van der Waals surface area contributed by atoms with Gasteiger partial charge in [0.2, 0.25) is 0 Å². The van der Waals surface area contributed by atoms with Gasteiger partial charge in [0, 0.05) is 12.6 Å². The van der Waals surface area contributed by atoms with E-state index in [1.54, 1.807) is 0 Å². The first-order chi connectivity index (χ1) is 5.35. The Morgan fingerprint density at radius 2 is 2.27 bits per heavy atom. The normalized spacial score (nSPS) is 13.4. The van der Waals surface area contributed by atoms with Crippen LogP contribution in [-0.4, -0.2) is 38.3 Å². The van der Waals surface area contributed by atoms with E-state index in [-0.39, 0.29) is 0 Å². The summed E-state index contributed by atoms with van der Waals surface area (Å²) < 4.78 is 5.31. The number of thioether (sulfide) groups is 1. The zero-order valence-corrected chi connectivity index (χ0v) is 8.54. The SMILES string of the molecule is CCOCC(CCSC)NC. The van der Waals surface area contributed by atoms with Crippen LogP contribution >= 0.6 is 11.8 Å². The Morgan fingerprint density at radius 3 is 2.73 bits per heavy atom. The highest BCUT2D eigenvalue weighted by Gasteiger charge is 2.03. The summed E-state index contributed by atoms with van der Waals surface area (Å²) in [5.41, 5.74) is 0. The first-order valence-electron chi connectivity index (χ1n) is 4.09. The number of ether oxygens (including phenoxy) is 1. The lowest BCUT2D eigenvalue weighted by atomic mass is 10.2. The van der Waals surface area contributed by atoms with Crippen LogP contribution in [-0.2, 0) is 4.74 Å². The molecule has 0 aromatic carbocycles. The van der Waals surface area contributed by atoms with Gasteiger partial charge in [-0.1, -0.05) is 0 Å². The van der Waals surface area contributed by atoms with Crippen molar-refractivity contribution in [1.29, 1.82) is 0 Å². The molecule has 3 heteroatoms. The highest BCUT2D eigenvalue weighted by molar-refractivity contribution is 7.98. The largest absolute Gasteiger partial charge is 0.380 e. The van der Waals surface area contributed by atoms with Crippen molar-refractivity contribution >= 4 is 11.8 Å². The molecule has 0 bridgehead atoms. The summed E-state index contributed by atoms with van der Waals surface area (Å²) >= 11 is 1.88. The van der Waals surface area contributed by atoms with Gasteiger partial charge in [-0.05, 0) is 32.4 Å². The summed E-state index contributed by atoms with van der Waals surface area (Å²) in [6.45, 7) is 3.69. The van der Waals surface area contributed by atoms with Gasteiger partial charge in [0.1, 0.15) is 0 Å². The fraction of sp³-hybridized carbons (Fsp3) is 1.00. The summed E-state index contributed by atoms with van der Waals surface area (Å²) in [5.74, 6) is 1.21. The maximum absolute atomic E-state index is 5.31. The molecule has 1 unspecified atom stereocenters. The van der Waals surface area contributed by atoms with E-state index in [0.29, 0.717) is 6.04 Å². The van der Waals surface area contributed by atoms with Gasteiger partial charge < -0.3 is 10.1 Å². The van der Waals surface area contributed by atoms with Crippen LogP contribution in [0.15, 0.2) is 0 Å². The van der Waals surface area contributed by atoms with E-state index < -0.39 is 0 Å². The maximum atomic E-state index is 5.31. The van der Waals surface area contributed by atoms with Crippen molar-refractivity contribution in [3.8, 4) is 0 Å². The number of nitrogens with one attached hydrogen (secondary N) is 1. The Morgan fingerprint density at radius 1 is 1.55 bits per heavy atom. The summed E-state index contributed by atoms with van der Waals surface area (Å²) in [7, 11) is 1.99. The minimum absolute atomic E-state index is 0.530. The highest BCUT2D eigenvalue weighted by atomic mass is 32.2. The van der Waals surface area contributed by atoms with Crippen LogP contribution in [0.25, 0.3) is 0 Å². The van der Waals surface area contributed by atoms with E-state index in [9.17, 15) is 0 Å². The number of likely N-dealkylation sites (N-methyl/N-ethyl adjacent to an activating group) is 1. The molecular formula is C8H19NOS. The molecule has 0 heterocycles. The van der Waals surface area contributed by atoms with Crippen LogP contribution in [0.2, 0.25) is 0 Å². The molecule has 1 atom stereocenters. The van der Waals surface area contributed by atoms with E-state index in [1.807, 2.05) is 25.7 Å². The van der Waals surface area contributed by atoms with Crippen LogP contribution < -0.4 is 5.32 Å². The number of hydrogen-bond acceptors (Lipinski definition) is 3. The van der Waals surface area contributed by atoms with Gasteiger partial charge in [0.25, 0.3) is 0 Å². The zero-order valence-electron chi connectivity index (χ0n) is 7.72. The molecule has 2 nitrogen and oxygen atoms in total. The van der Waals surface area contributed by atoms with Gasteiger partial charge >= 0.3 is 0 Å². The summed E-state index contributed by atoms with van der Waals surface area (Å²) in [6.07, 6.45) is 3.32. The topological polar surface area (TPSA) is 21.3 Å². The average Bonchev–Trinajstić information content (AvgIpc) is 2.05. The number of rotatable bonds is 7. The van der Waals surface area contributed by atoms with Crippen molar-refractivity contribution in [1.82, 2.24) is 5.32 Å². The first kappa shape index (κ1) is 11.3. The lowest BCUT2D eigenvalue weighted by Gasteiger charge is -2.14.